The van der Waals surface area contributed by atoms with Gasteiger partial charge in [0.15, 0.2) is 6.61 Å². The van der Waals surface area contributed by atoms with E-state index in [0.29, 0.717) is 25.4 Å². The molecule has 0 radical (unpaired) electrons. The van der Waals surface area contributed by atoms with Crippen molar-refractivity contribution < 1.29 is 19.1 Å². The zero-order valence-electron chi connectivity index (χ0n) is 16.7. The van der Waals surface area contributed by atoms with Crippen molar-refractivity contribution in [1.29, 1.82) is 0 Å². The number of ether oxygens (including phenoxy) is 2. The molecule has 1 unspecified atom stereocenters. The maximum atomic E-state index is 12.5. The summed E-state index contributed by atoms with van der Waals surface area (Å²) in [6, 6.07) is 7.46. The van der Waals surface area contributed by atoms with E-state index >= 15 is 0 Å². The maximum Gasteiger partial charge on any atom is 0.258 e. The van der Waals surface area contributed by atoms with E-state index in [9.17, 15) is 9.59 Å². The fourth-order valence-electron chi connectivity index (χ4n) is 4.00. The normalized spacial score (nSPS) is 23.3. The smallest absolute Gasteiger partial charge is 0.258 e. The van der Waals surface area contributed by atoms with Gasteiger partial charge in [0, 0.05) is 31.2 Å². The summed E-state index contributed by atoms with van der Waals surface area (Å²) in [6.45, 7) is 2.15. The Bertz CT molecular complexity index is 667. The number of nitrogens with one attached hydrogen (secondary N) is 2. The number of carbonyl (C=O) groups is 2. The molecule has 0 aromatic heterocycles. The summed E-state index contributed by atoms with van der Waals surface area (Å²) in [5, 5.41) is 5.85. The van der Waals surface area contributed by atoms with E-state index in [2.05, 4.69) is 10.6 Å². The molecule has 2 aliphatic rings. The summed E-state index contributed by atoms with van der Waals surface area (Å²) < 4.78 is 11.2. The summed E-state index contributed by atoms with van der Waals surface area (Å²) in [5.74, 6) is 0.765. The molecular weight excluding hydrogens is 394 g/mol. The van der Waals surface area contributed by atoms with Gasteiger partial charge in [0.05, 0.1) is 6.10 Å². The number of rotatable bonds is 9. The third-order valence-corrected chi connectivity index (χ3v) is 5.63. The van der Waals surface area contributed by atoms with Gasteiger partial charge >= 0.3 is 0 Å². The molecule has 2 amide bonds. The predicted octanol–water partition coefficient (Wildman–Crippen LogP) is 1.77. The maximum absolute atomic E-state index is 12.5. The van der Waals surface area contributed by atoms with Gasteiger partial charge in [0.1, 0.15) is 5.75 Å². The number of nitrogens with two attached hydrogens (primary N) is 1. The molecule has 162 valence electrons. The van der Waals surface area contributed by atoms with Crippen LogP contribution in [0.15, 0.2) is 24.3 Å². The molecule has 1 aliphatic heterocycles. The van der Waals surface area contributed by atoms with Crippen LogP contribution in [-0.2, 0) is 20.9 Å². The van der Waals surface area contributed by atoms with E-state index in [1.54, 1.807) is 0 Å². The van der Waals surface area contributed by atoms with Crippen molar-refractivity contribution >= 4 is 24.2 Å². The molecule has 4 N–H and O–H groups in total. The van der Waals surface area contributed by atoms with Crippen LogP contribution in [0.1, 0.15) is 37.7 Å². The monoisotopic (exact) mass is 425 g/mol. The summed E-state index contributed by atoms with van der Waals surface area (Å²) in [4.78, 5) is 24.5. The van der Waals surface area contributed by atoms with E-state index in [0.717, 1.165) is 44.3 Å². The fraction of sp³-hybridized carbons (Fsp3) is 0.619. The highest BCUT2D eigenvalue weighted by Gasteiger charge is 2.31. The second-order valence-corrected chi connectivity index (χ2v) is 7.59. The molecule has 1 saturated carbocycles. The van der Waals surface area contributed by atoms with Crippen LogP contribution in [0.2, 0.25) is 0 Å². The Hall–Kier alpha value is -1.83. The first-order valence-electron chi connectivity index (χ1n) is 10.2. The first kappa shape index (κ1) is 23.4. The molecule has 1 aromatic rings. The highest BCUT2D eigenvalue weighted by atomic mass is 35.5. The van der Waals surface area contributed by atoms with Gasteiger partial charge in [-0.15, -0.1) is 12.4 Å². The Labute approximate surface area is 178 Å². The number of para-hydroxylation sites is 1. The minimum atomic E-state index is -0.175. The molecule has 0 spiro atoms. The Balaban J connectivity index is 0.00000300. The quantitative estimate of drug-likeness (QED) is 0.559. The summed E-state index contributed by atoms with van der Waals surface area (Å²) in [7, 11) is 0. The van der Waals surface area contributed by atoms with Crippen molar-refractivity contribution in [3.63, 3.8) is 0 Å². The van der Waals surface area contributed by atoms with Crippen LogP contribution in [0, 0.1) is 11.8 Å². The number of carbonyl (C=O) groups excluding carboxylic acids is 2. The van der Waals surface area contributed by atoms with Gasteiger partial charge in [-0.2, -0.15) is 0 Å². The van der Waals surface area contributed by atoms with Crippen molar-refractivity contribution in [3.8, 4) is 5.75 Å². The van der Waals surface area contributed by atoms with Crippen LogP contribution in [0.4, 0.5) is 0 Å². The molecule has 3 atom stereocenters. The lowest BCUT2D eigenvalue weighted by molar-refractivity contribution is -0.126. The van der Waals surface area contributed by atoms with Crippen molar-refractivity contribution in [2.24, 2.45) is 17.6 Å². The molecular formula is C21H32ClN3O4. The number of halogens is 1. The minimum absolute atomic E-state index is 0. The first-order valence-corrected chi connectivity index (χ1v) is 10.2. The van der Waals surface area contributed by atoms with Gasteiger partial charge in [-0.05, 0) is 44.2 Å². The Morgan fingerprint density at radius 3 is 2.72 bits per heavy atom. The topological polar surface area (TPSA) is 103 Å². The summed E-state index contributed by atoms with van der Waals surface area (Å²) >= 11 is 0. The molecule has 29 heavy (non-hydrogen) atoms. The number of hydrogen-bond acceptors (Lipinski definition) is 5. The highest BCUT2D eigenvalue weighted by Crippen LogP contribution is 2.31. The Morgan fingerprint density at radius 2 is 1.97 bits per heavy atom. The predicted molar refractivity (Wildman–Crippen MR) is 113 cm³/mol. The SMILES string of the molecule is Cl.NC[C@H]1CCC[C@H]1C(=O)NCc1ccccc1OCC(=O)NCC1CCCO1. The Morgan fingerprint density at radius 1 is 1.14 bits per heavy atom. The van der Waals surface area contributed by atoms with Gasteiger partial charge in [-0.1, -0.05) is 24.6 Å². The average molecular weight is 426 g/mol. The largest absolute Gasteiger partial charge is 0.483 e. The van der Waals surface area contributed by atoms with Gasteiger partial charge in [-0.25, -0.2) is 0 Å². The van der Waals surface area contributed by atoms with Crippen molar-refractivity contribution in [1.82, 2.24) is 10.6 Å². The number of benzene rings is 1. The van der Waals surface area contributed by atoms with Crippen LogP contribution in [0.5, 0.6) is 5.75 Å². The molecule has 7 nitrogen and oxygen atoms in total. The van der Waals surface area contributed by atoms with E-state index < -0.39 is 0 Å². The van der Waals surface area contributed by atoms with E-state index in [1.807, 2.05) is 24.3 Å². The molecule has 1 heterocycles. The van der Waals surface area contributed by atoms with Gasteiger partial charge < -0.3 is 25.8 Å². The number of hydrogen-bond donors (Lipinski definition) is 3. The molecule has 1 aliphatic carbocycles. The molecule has 8 heteroatoms. The molecule has 2 fully saturated rings. The van der Waals surface area contributed by atoms with Crippen molar-refractivity contribution in [2.45, 2.75) is 44.8 Å². The second kappa shape index (κ2) is 12.0. The van der Waals surface area contributed by atoms with Crippen LogP contribution >= 0.6 is 12.4 Å². The highest BCUT2D eigenvalue weighted by molar-refractivity contribution is 5.85. The van der Waals surface area contributed by atoms with Gasteiger partial charge in [-0.3, -0.25) is 9.59 Å². The molecule has 1 saturated heterocycles. The van der Waals surface area contributed by atoms with E-state index in [1.165, 1.54) is 0 Å². The van der Waals surface area contributed by atoms with Crippen LogP contribution < -0.4 is 21.1 Å². The lowest BCUT2D eigenvalue weighted by Crippen LogP contribution is -2.35. The van der Waals surface area contributed by atoms with Crippen LogP contribution in [-0.4, -0.2) is 44.2 Å². The van der Waals surface area contributed by atoms with Crippen molar-refractivity contribution in [3.05, 3.63) is 29.8 Å². The molecule has 0 bridgehead atoms. The summed E-state index contributed by atoms with van der Waals surface area (Å²) in [5.41, 5.74) is 6.63. The lowest BCUT2D eigenvalue weighted by atomic mass is 9.95. The average Bonchev–Trinajstić information content (AvgIpc) is 3.41. The van der Waals surface area contributed by atoms with Crippen molar-refractivity contribution in [2.75, 3.05) is 26.3 Å². The lowest BCUT2D eigenvalue weighted by Gasteiger charge is -2.18. The van der Waals surface area contributed by atoms with E-state index in [4.69, 9.17) is 15.2 Å². The van der Waals surface area contributed by atoms with Crippen LogP contribution in [0.3, 0.4) is 0 Å². The zero-order valence-corrected chi connectivity index (χ0v) is 17.5. The van der Waals surface area contributed by atoms with Gasteiger partial charge in [0.25, 0.3) is 5.91 Å². The van der Waals surface area contributed by atoms with E-state index in [-0.39, 0.29) is 48.8 Å². The third-order valence-electron chi connectivity index (χ3n) is 5.63. The summed E-state index contributed by atoms with van der Waals surface area (Å²) in [6.07, 6.45) is 5.12. The minimum Gasteiger partial charge on any atom is -0.483 e. The van der Waals surface area contributed by atoms with Gasteiger partial charge in [0.2, 0.25) is 5.91 Å². The third kappa shape index (κ3) is 6.87. The molecule has 3 rings (SSSR count). The fourth-order valence-corrected chi connectivity index (χ4v) is 4.00. The Kier molecular flexibility index (Phi) is 9.70. The first-order chi connectivity index (χ1) is 13.7. The number of amides is 2. The molecule has 1 aromatic carbocycles. The standard InChI is InChI=1S/C21H31N3O4.ClH/c22-11-15-6-3-8-18(15)21(26)24-12-16-5-1-2-9-19(16)28-14-20(25)23-13-17-7-4-10-27-17;/h1-2,5,9,15,17-18H,3-4,6-8,10-14,22H2,(H,23,25)(H,24,26);1H/t15-,17?,18-;/m1./s1. The van der Waals surface area contributed by atoms with Crippen LogP contribution in [0.25, 0.3) is 0 Å². The second-order valence-electron chi connectivity index (χ2n) is 7.59. The zero-order chi connectivity index (χ0) is 19.8.